The zero-order valence-electron chi connectivity index (χ0n) is 13.7. The first-order valence-corrected chi connectivity index (χ1v) is 8.31. The number of aromatic nitrogens is 1. The molecule has 3 heterocycles. The highest BCUT2D eigenvalue weighted by atomic mass is 16.5. The molecule has 2 aromatic rings. The molecule has 1 aromatic carbocycles. The number of aryl methyl sites for hydroxylation is 1. The molecule has 0 radical (unpaired) electrons. The molecule has 6 nitrogen and oxygen atoms in total. The number of nitrogens with zero attached hydrogens (tertiary/aromatic N) is 2. The highest BCUT2D eigenvalue weighted by molar-refractivity contribution is 5.76. The second-order valence-electron chi connectivity index (χ2n) is 6.57. The normalized spacial score (nSPS) is 22.6. The van der Waals surface area contributed by atoms with Crippen LogP contribution >= 0.6 is 0 Å². The number of urea groups is 1. The van der Waals surface area contributed by atoms with Crippen molar-refractivity contribution in [3.63, 3.8) is 0 Å². The molecule has 0 saturated carbocycles. The molecule has 0 aliphatic carbocycles. The van der Waals surface area contributed by atoms with Gasteiger partial charge < -0.3 is 19.4 Å². The number of rotatable bonds is 3. The van der Waals surface area contributed by atoms with Crippen molar-refractivity contribution in [2.75, 3.05) is 19.8 Å². The van der Waals surface area contributed by atoms with E-state index in [2.05, 4.69) is 10.3 Å². The molecule has 2 saturated heterocycles. The fourth-order valence-electron chi connectivity index (χ4n) is 3.35. The largest absolute Gasteiger partial charge is 0.439 e. The van der Waals surface area contributed by atoms with Crippen molar-refractivity contribution < 1.29 is 13.9 Å². The fraction of sp³-hybridized carbons (Fsp3) is 0.444. The minimum atomic E-state index is -0.0757. The van der Waals surface area contributed by atoms with Gasteiger partial charge in [-0.1, -0.05) is 29.8 Å². The summed E-state index contributed by atoms with van der Waals surface area (Å²) in [5, 5.41) is 2.90. The molecular weight excluding hydrogens is 306 g/mol. The molecule has 4 rings (SSSR count). The number of carbonyl (C=O) groups is 1. The van der Waals surface area contributed by atoms with E-state index in [9.17, 15) is 4.79 Å². The van der Waals surface area contributed by atoms with Crippen molar-refractivity contribution >= 4 is 6.03 Å². The molecule has 1 spiro atoms. The summed E-state index contributed by atoms with van der Waals surface area (Å²) >= 11 is 0. The lowest BCUT2D eigenvalue weighted by Crippen LogP contribution is -2.64. The Labute approximate surface area is 140 Å². The number of amides is 2. The average molecular weight is 327 g/mol. The molecule has 1 N–H and O–H groups in total. The number of oxazole rings is 1. The van der Waals surface area contributed by atoms with Crippen molar-refractivity contribution in [3.05, 3.63) is 41.9 Å². The maximum atomic E-state index is 12.4. The highest BCUT2D eigenvalue weighted by Crippen LogP contribution is 2.37. The Morgan fingerprint density at radius 2 is 2.17 bits per heavy atom. The van der Waals surface area contributed by atoms with Crippen LogP contribution in [0.15, 0.2) is 34.9 Å². The first kappa shape index (κ1) is 15.2. The summed E-state index contributed by atoms with van der Waals surface area (Å²) in [6.07, 6.45) is 3.65. The SMILES string of the molecule is Cc1ccc(-c2cnc(CNC(=O)N3CCC34CCOC4)o2)cc1. The van der Waals surface area contributed by atoms with Gasteiger partial charge in [0, 0.05) is 18.7 Å². The zero-order chi connectivity index (χ0) is 16.6. The average Bonchev–Trinajstić information content (AvgIpc) is 3.23. The Bertz CT molecular complexity index is 732. The highest BCUT2D eigenvalue weighted by Gasteiger charge is 2.49. The molecule has 1 atom stereocenters. The Kier molecular flexibility index (Phi) is 3.76. The number of carbonyl (C=O) groups excluding carboxylic acids is 1. The number of ether oxygens (including phenoxy) is 1. The van der Waals surface area contributed by atoms with Crippen LogP contribution in [0.5, 0.6) is 0 Å². The van der Waals surface area contributed by atoms with Crippen LogP contribution in [0, 0.1) is 6.92 Å². The van der Waals surface area contributed by atoms with Gasteiger partial charge in [0.2, 0.25) is 5.89 Å². The van der Waals surface area contributed by atoms with E-state index in [0.717, 1.165) is 31.6 Å². The number of nitrogens with one attached hydrogen (secondary N) is 1. The smallest absolute Gasteiger partial charge is 0.318 e. The molecule has 24 heavy (non-hydrogen) atoms. The minimum Gasteiger partial charge on any atom is -0.439 e. The number of likely N-dealkylation sites (tertiary alicyclic amines) is 1. The van der Waals surface area contributed by atoms with Gasteiger partial charge in [0.05, 0.1) is 24.9 Å². The maximum Gasteiger partial charge on any atom is 0.318 e. The van der Waals surface area contributed by atoms with Crippen molar-refractivity contribution in [3.8, 4) is 11.3 Å². The molecule has 2 amide bonds. The lowest BCUT2D eigenvalue weighted by atomic mass is 9.84. The Balaban J connectivity index is 1.36. The van der Waals surface area contributed by atoms with Gasteiger partial charge in [-0.05, 0) is 19.8 Å². The van der Waals surface area contributed by atoms with Crippen LogP contribution in [0.1, 0.15) is 24.3 Å². The summed E-state index contributed by atoms with van der Waals surface area (Å²) in [4.78, 5) is 18.5. The quantitative estimate of drug-likeness (QED) is 0.941. The molecule has 2 aliphatic heterocycles. The third-order valence-electron chi connectivity index (χ3n) is 4.98. The minimum absolute atomic E-state index is 0.0677. The van der Waals surface area contributed by atoms with E-state index in [-0.39, 0.29) is 18.1 Å². The van der Waals surface area contributed by atoms with Crippen LogP contribution in [0.4, 0.5) is 4.79 Å². The maximum absolute atomic E-state index is 12.4. The van der Waals surface area contributed by atoms with Crippen molar-refractivity contribution in [1.82, 2.24) is 15.2 Å². The summed E-state index contributed by atoms with van der Waals surface area (Å²) in [7, 11) is 0. The van der Waals surface area contributed by atoms with Crippen LogP contribution in [0.3, 0.4) is 0 Å². The summed E-state index contributed by atoms with van der Waals surface area (Å²) in [5.74, 6) is 1.22. The van der Waals surface area contributed by atoms with Gasteiger partial charge in [-0.2, -0.15) is 0 Å². The summed E-state index contributed by atoms with van der Waals surface area (Å²) in [5.41, 5.74) is 2.11. The Morgan fingerprint density at radius 1 is 1.33 bits per heavy atom. The van der Waals surface area contributed by atoms with Gasteiger partial charge in [-0.3, -0.25) is 0 Å². The summed E-state index contributed by atoms with van der Waals surface area (Å²) in [6.45, 7) is 4.51. The lowest BCUT2D eigenvalue weighted by Gasteiger charge is -2.49. The van der Waals surface area contributed by atoms with Crippen LogP contribution in [-0.2, 0) is 11.3 Å². The van der Waals surface area contributed by atoms with E-state index in [1.807, 2.05) is 36.1 Å². The van der Waals surface area contributed by atoms with Crippen LogP contribution in [-0.4, -0.2) is 41.2 Å². The van der Waals surface area contributed by atoms with Gasteiger partial charge in [-0.25, -0.2) is 9.78 Å². The predicted molar refractivity (Wildman–Crippen MR) is 88.4 cm³/mol. The number of benzene rings is 1. The van der Waals surface area contributed by atoms with Gasteiger partial charge in [-0.15, -0.1) is 0 Å². The third kappa shape index (κ3) is 2.67. The molecule has 2 fully saturated rings. The Hall–Kier alpha value is -2.34. The monoisotopic (exact) mass is 327 g/mol. The second-order valence-corrected chi connectivity index (χ2v) is 6.57. The lowest BCUT2D eigenvalue weighted by molar-refractivity contribution is 0.0139. The summed E-state index contributed by atoms with van der Waals surface area (Å²) in [6, 6.07) is 8.00. The molecule has 126 valence electrons. The van der Waals surface area contributed by atoms with Gasteiger partial charge in [0.1, 0.15) is 0 Å². The van der Waals surface area contributed by atoms with E-state index in [1.54, 1.807) is 6.20 Å². The van der Waals surface area contributed by atoms with Gasteiger partial charge >= 0.3 is 6.03 Å². The van der Waals surface area contributed by atoms with Crippen molar-refractivity contribution in [2.24, 2.45) is 0 Å². The summed E-state index contributed by atoms with van der Waals surface area (Å²) < 4.78 is 11.2. The first-order valence-electron chi connectivity index (χ1n) is 8.31. The second kappa shape index (κ2) is 5.94. The van der Waals surface area contributed by atoms with E-state index >= 15 is 0 Å². The molecule has 2 aliphatic rings. The van der Waals surface area contributed by atoms with E-state index < -0.39 is 0 Å². The standard InChI is InChI=1S/C18H21N3O3/c1-13-2-4-14(5-3-13)15-10-19-16(24-15)11-20-17(22)21-8-6-18(21)7-9-23-12-18/h2-5,10H,6-9,11-12H2,1H3,(H,20,22). The number of hydrogen-bond acceptors (Lipinski definition) is 4. The zero-order valence-corrected chi connectivity index (χ0v) is 13.7. The van der Waals surface area contributed by atoms with E-state index in [1.165, 1.54) is 5.56 Å². The predicted octanol–water partition coefficient (Wildman–Crippen LogP) is 2.72. The third-order valence-corrected chi connectivity index (χ3v) is 4.98. The van der Waals surface area contributed by atoms with Gasteiger partial charge in [0.25, 0.3) is 0 Å². The van der Waals surface area contributed by atoms with Crippen LogP contribution < -0.4 is 5.32 Å². The van der Waals surface area contributed by atoms with Crippen molar-refractivity contribution in [1.29, 1.82) is 0 Å². The molecule has 1 aromatic heterocycles. The first-order chi connectivity index (χ1) is 11.7. The molecule has 6 heteroatoms. The van der Waals surface area contributed by atoms with E-state index in [4.69, 9.17) is 9.15 Å². The molecule has 0 bridgehead atoms. The van der Waals surface area contributed by atoms with Crippen LogP contribution in [0.25, 0.3) is 11.3 Å². The number of hydrogen-bond donors (Lipinski definition) is 1. The van der Waals surface area contributed by atoms with E-state index in [0.29, 0.717) is 18.3 Å². The Morgan fingerprint density at radius 3 is 2.83 bits per heavy atom. The molecule has 1 unspecified atom stereocenters. The molecular formula is C18H21N3O3. The van der Waals surface area contributed by atoms with Gasteiger partial charge in [0.15, 0.2) is 5.76 Å². The van der Waals surface area contributed by atoms with Crippen molar-refractivity contribution in [2.45, 2.75) is 31.8 Å². The van der Waals surface area contributed by atoms with Crippen LogP contribution in [0.2, 0.25) is 0 Å². The topological polar surface area (TPSA) is 67.6 Å². The fourth-order valence-corrected chi connectivity index (χ4v) is 3.35.